The van der Waals surface area contributed by atoms with Crippen LogP contribution in [-0.2, 0) is 0 Å². The SMILES string of the molecule is CC.CC.Cc1cc(C=O)cc(C)c1O.Cc1cccc(C=O)c1O. The van der Waals surface area contributed by atoms with E-state index in [1.54, 1.807) is 51.1 Å². The van der Waals surface area contributed by atoms with Gasteiger partial charge in [0.15, 0.2) is 6.29 Å². The van der Waals surface area contributed by atoms with Crippen LogP contribution in [0.4, 0.5) is 0 Å². The minimum absolute atomic E-state index is 0.0810. The van der Waals surface area contributed by atoms with Gasteiger partial charge in [-0.3, -0.25) is 9.59 Å². The first kappa shape index (κ1) is 24.6. The molecule has 0 aliphatic rings. The van der Waals surface area contributed by atoms with Gasteiger partial charge in [0.05, 0.1) is 5.56 Å². The zero-order valence-corrected chi connectivity index (χ0v) is 16.3. The highest BCUT2D eigenvalue weighted by Crippen LogP contribution is 2.21. The highest BCUT2D eigenvalue weighted by atomic mass is 16.3. The smallest absolute Gasteiger partial charge is 0.153 e. The van der Waals surface area contributed by atoms with E-state index in [2.05, 4.69) is 0 Å². The molecule has 0 aliphatic heterocycles. The van der Waals surface area contributed by atoms with Crippen molar-refractivity contribution >= 4 is 12.6 Å². The minimum Gasteiger partial charge on any atom is -0.507 e. The number of benzene rings is 2. The largest absolute Gasteiger partial charge is 0.507 e. The first-order valence-electron chi connectivity index (χ1n) is 8.39. The monoisotopic (exact) mass is 346 g/mol. The Kier molecular flexibility index (Phi) is 13.6. The van der Waals surface area contributed by atoms with E-state index < -0.39 is 0 Å². The van der Waals surface area contributed by atoms with Crippen LogP contribution in [0, 0.1) is 20.8 Å². The van der Waals surface area contributed by atoms with Gasteiger partial charge in [-0.25, -0.2) is 0 Å². The predicted molar refractivity (Wildman–Crippen MR) is 104 cm³/mol. The molecule has 0 heterocycles. The molecule has 0 saturated carbocycles. The number of hydrogen-bond acceptors (Lipinski definition) is 4. The van der Waals surface area contributed by atoms with Gasteiger partial charge in [-0.2, -0.15) is 0 Å². The van der Waals surface area contributed by atoms with Gasteiger partial charge in [-0.05, 0) is 55.7 Å². The van der Waals surface area contributed by atoms with Crippen LogP contribution in [0.1, 0.15) is 65.1 Å². The van der Waals surface area contributed by atoms with Crippen molar-refractivity contribution in [3.05, 3.63) is 58.1 Å². The summed E-state index contributed by atoms with van der Waals surface area (Å²) in [6.45, 7) is 13.3. The molecule has 0 aliphatic carbocycles. The Hall–Kier alpha value is -2.62. The third-order valence-corrected chi connectivity index (χ3v) is 3.05. The topological polar surface area (TPSA) is 74.6 Å². The molecule has 2 aromatic rings. The number of carbonyl (C=O) groups is 2. The lowest BCUT2D eigenvalue weighted by atomic mass is 10.1. The van der Waals surface area contributed by atoms with Crippen molar-refractivity contribution in [2.75, 3.05) is 0 Å². The number of carbonyl (C=O) groups excluding carboxylic acids is 2. The first-order valence-corrected chi connectivity index (χ1v) is 8.39. The molecule has 0 amide bonds. The average molecular weight is 346 g/mol. The molecule has 0 aromatic heterocycles. The average Bonchev–Trinajstić information content (AvgIpc) is 2.65. The van der Waals surface area contributed by atoms with E-state index in [1.807, 2.05) is 27.7 Å². The summed E-state index contributed by atoms with van der Waals surface area (Å²) in [6, 6.07) is 8.39. The van der Waals surface area contributed by atoms with Gasteiger partial charge >= 0.3 is 0 Å². The Labute approximate surface area is 151 Å². The summed E-state index contributed by atoms with van der Waals surface area (Å²) in [5.41, 5.74) is 3.17. The van der Waals surface area contributed by atoms with Crippen LogP contribution in [0.3, 0.4) is 0 Å². The molecular weight excluding hydrogens is 316 g/mol. The second kappa shape index (κ2) is 13.8. The normalized spacial score (nSPS) is 8.44. The summed E-state index contributed by atoms with van der Waals surface area (Å²) in [7, 11) is 0. The summed E-state index contributed by atoms with van der Waals surface area (Å²) in [6.07, 6.45) is 1.42. The summed E-state index contributed by atoms with van der Waals surface area (Å²) >= 11 is 0. The van der Waals surface area contributed by atoms with Crippen molar-refractivity contribution in [1.29, 1.82) is 0 Å². The Morgan fingerprint density at radius 2 is 1.20 bits per heavy atom. The van der Waals surface area contributed by atoms with E-state index in [1.165, 1.54) is 0 Å². The van der Waals surface area contributed by atoms with E-state index in [4.69, 9.17) is 5.11 Å². The lowest BCUT2D eigenvalue weighted by Gasteiger charge is -2.02. The second-order valence-corrected chi connectivity index (χ2v) is 4.75. The Bertz CT molecular complexity index is 638. The molecule has 0 atom stereocenters. The van der Waals surface area contributed by atoms with Crippen LogP contribution in [0.25, 0.3) is 0 Å². The molecule has 4 heteroatoms. The number of para-hydroxylation sites is 1. The molecule has 0 fully saturated rings. The minimum atomic E-state index is 0.0810. The maximum absolute atomic E-state index is 10.3. The number of phenolic OH excluding ortho intramolecular Hbond substituents is 2. The van der Waals surface area contributed by atoms with Crippen LogP contribution >= 0.6 is 0 Å². The third-order valence-electron chi connectivity index (χ3n) is 3.05. The summed E-state index contributed by atoms with van der Waals surface area (Å²) in [4.78, 5) is 20.6. The van der Waals surface area contributed by atoms with Gasteiger partial charge in [0.2, 0.25) is 0 Å². The number of phenols is 2. The number of rotatable bonds is 2. The molecule has 2 aromatic carbocycles. The van der Waals surface area contributed by atoms with E-state index in [-0.39, 0.29) is 11.5 Å². The number of hydrogen-bond donors (Lipinski definition) is 2. The van der Waals surface area contributed by atoms with E-state index in [0.29, 0.717) is 17.4 Å². The second-order valence-electron chi connectivity index (χ2n) is 4.75. The number of aromatic hydroxyl groups is 2. The van der Waals surface area contributed by atoms with Crippen molar-refractivity contribution < 1.29 is 19.8 Å². The maximum atomic E-state index is 10.3. The summed E-state index contributed by atoms with van der Waals surface area (Å²) < 4.78 is 0. The molecule has 138 valence electrons. The van der Waals surface area contributed by atoms with Crippen LogP contribution in [-0.4, -0.2) is 22.8 Å². The zero-order valence-electron chi connectivity index (χ0n) is 16.3. The van der Waals surface area contributed by atoms with Gasteiger partial charge in [0, 0.05) is 5.56 Å². The van der Waals surface area contributed by atoms with Crippen LogP contribution in [0.2, 0.25) is 0 Å². The molecule has 0 saturated heterocycles. The Morgan fingerprint density at radius 3 is 1.56 bits per heavy atom. The zero-order chi connectivity index (χ0) is 20.0. The molecule has 0 unspecified atom stereocenters. The number of aryl methyl sites for hydroxylation is 3. The fraction of sp³-hybridized carbons (Fsp3) is 0.333. The van der Waals surface area contributed by atoms with E-state index in [0.717, 1.165) is 23.0 Å². The molecule has 0 spiro atoms. The fourth-order valence-corrected chi connectivity index (χ4v) is 1.83. The molecule has 0 bridgehead atoms. The van der Waals surface area contributed by atoms with E-state index in [9.17, 15) is 14.7 Å². The van der Waals surface area contributed by atoms with E-state index >= 15 is 0 Å². The molecule has 4 nitrogen and oxygen atoms in total. The first-order chi connectivity index (χ1) is 11.9. The van der Waals surface area contributed by atoms with Crippen molar-refractivity contribution in [3.8, 4) is 11.5 Å². The molecule has 0 radical (unpaired) electrons. The standard InChI is InChI=1S/C9H10O2.C8H8O2.2C2H6/c1-6-3-8(5-10)4-7(2)9(6)11;1-6-3-2-4-7(5-9)8(6)10;2*1-2/h3-5,11H,1-2H3;2-5,10H,1H3;2*1-2H3. The lowest BCUT2D eigenvalue weighted by Crippen LogP contribution is -1.85. The fourth-order valence-electron chi connectivity index (χ4n) is 1.83. The molecule has 2 N–H and O–H groups in total. The molecule has 25 heavy (non-hydrogen) atoms. The van der Waals surface area contributed by atoms with Crippen LogP contribution in [0.5, 0.6) is 11.5 Å². The van der Waals surface area contributed by atoms with Crippen molar-refractivity contribution in [2.24, 2.45) is 0 Å². The maximum Gasteiger partial charge on any atom is 0.153 e. The molecular formula is C21H30O4. The van der Waals surface area contributed by atoms with Gasteiger partial charge < -0.3 is 10.2 Å². The van der Waals surface area contributed by atoms with Crippen molar-refractivity contribution in [2.45, 2.75) is 48.5 Å². The lowest BCUT2D eigenvalue weighted by molar-refractivity contribution is 0.111. The van der Waals surface area contributed by atoms with Crippen molar-refractivity contribution in [1.82, 2.24) is 0 Å². The van der Waals surface area contributed by atoms with Crippen molar-refractivity contribution in [3.63, 3.8) is 0 Å². The van der Waals surface area contributed by atoms with Gasteiger partial charge in [-0.15, -0.1) is 0 Å². The van der Waals surface area contributed by atoms with Gasteiger partial charge in [0.1, 0.15) is 17.8 Å². The van der Waals surface area contributed by atoms with Crippen LogP contribution in [0.15, 0.2) is 30.3 Å². The van der Waals surface area contributed by atoms with Gasteiger partial charge in [0.25, 0.3) is 0 Å². The Balaban J connectivity index is 0. The van der Waals surface area contributed by atoms with Crippen LogP contribution < -0.4 is 0 Å². The summed E-state index contributed by atoms with van der Waals surface area (Å²) in [5.74, 6) is 0.355. The highest BCUT2D eigenvalue weighted by Gasteiger charge is 2.01. The molecule has 2 rings (SSSR count). The predicted octanol–water partition coefficient (Wildman–Crippen LogP) is 5.39. The van der Waals surface area contributed by atoms with Gasteiger partial charge in [-0.1, -0.05) is 39.8 Å². The highest BCUT2D eigenvalue weighted by molar-refractivity contribution is 5.79. The Morgan fingerprint density at radius 1 is 0.720 bits per heavy atom. The number of aldehydes is 2. The summed E-state index contributed by atoms with van der Waals surface area (Å²) in [5, 5.41) is 18.5. The quantitative estimate of drug-likeness (QED) is 0.715. The third kappa shape index (κ3) is 8.15.